The lowest BCUT2D eigenvalue weighted by atomic mass is 10.0. The van der Waals surface area contributed by atoms with Gasteiger partial charge in [0.15, 0.2) is 5.96 Å². The van der Waals surface area contributed by atoms with Crippen molar-refractivity contribution in [2.75, 3.05) is 25.4 Å². The van der Waals surface area contributed by atoms with E-state index in [-0.39, 0.29) is 24.4 Å². The van der Waals surface area contributed by atoms with Crippen LogP contribution in [0, 0.1) is 0 Å². The highest BCUT2D eigenvalue weighted by atomic mass is 32.2. The topological polar surface area (TPSA) is 166 Å². The van der Waals surface area contributed by atoms with Crippen molar-refractivity contribution < 1.29 is 18.3 Å². The quantitative estimate of drug-likeness (QED) is 0.181. The summed E-state index contributed by atoms with van der Waals surface area (Å²) in [5.74, 6) is -0.825. The minimum Gasteiger partial charge on any atom is -0.480 e. The summed E-state index contributed by atoms with van der Waals surface area (Å²) < 4.78 is 28.0. The number of rotatable bonds is 11. The van der Waals surface area contributed by atoms with E-state index in [1.54, 1.807) is 18.2 Å². The number of carboxylic acids is 1. The minimum atomic E-state index is -3.96. The molecular formula is C29H30N6O5S. The van der Waals surface area contributed by atoms with E-state index in [2.05, 4.69) is 30.3 Å². The number of carboxylic acid groups (broad SMARTS) is 1. The zero-order valence-electron chi connectivity index (χ0n) is 22.1. The number of hydrogen-bond acceptors (Lipinski definition) is 8. The van der Waals surface area contributed by atoms with Gasteiger partial charge in [0.1, 0.15) is 11.9 Å². The molecule has 0 saturated heterocycles. The van der Waals surface area contributed by atoms with Crippen molar-refractivity contribution >= 4 is 49.7 Å². The van der Waals surface area contributed by atoms with Gasteiger partial charge in [0.2, 0.25) is 10.0 Å². The molecule has 4 aromatic rings. The van der Waals surface area contributed by atoms with E-state index in [4.69, 9.17) is 0 Å². The Kier molecular flexibility index (Phi) is 8.41. The first-order valence-electron chi connectivity index (χ1n) is 13.2. The van der Waals surface area contributed by atoms with Gasteiger partial charge in [-0.15, -0.1) is 0 Å². The predicted octanol–water partition coefficient (Wildman–Crippen LogP) is 1.80. The van der Waals surface area contributed by atoms with E-state index in [9.17, 15) is 23.1 Å². The van der Waals surface area contributed by atoms with Crippen LogP contribution in [0.5, 0.6) is 0 Å². The summed E-state index contributed by atoms with van der Waals surface area (Å²) in [6, 6.07) is 17.0. The fourth-order valence-corrected chi connectivity index (χ4v) is 5.90. The van der Waals surface area contributed by atoms with Gasteiger partial charge in [-0.1, -0.05) is 60.7 Å². The highest BCUT2D eigenvalue weighted by molar-refractivity contribution is 7.89. The molecule has 0 saturated carbocycles. The summed E-state index contributed by atoms with van der Waals surface area (Å²) in [6.07, 6.45) is 3.66. The van der Waals surface area contributed by atoms with Crippen LogP contribution in [0.15, 0.2) is 76.5 Å². The summed E-state index contributed by atoms with van der Waals surface area (Å²) in [5, 5.41) is 18.3. The first-order chi connectivity index (χ1) is 19.8. The fraction of sp³-hybridized carbons (Fsp3) is 0.241. The number of H-pyrrole nitrogens is 1. The van der Waals surface area contributed by atoms with Crippen molar-refractivity contribution in [3.8, 4) is 0 Å². The molecule has 1 aliphatic heterocycles. The maximum Gasteiger partial charge on any atom is 0.322 e. The molecule has 1 aromatic heterocycles. The largest absolute Gasteiger partial charge is 0.480 e. The molecule has 5 N–H and O–H groups in total. The molecule has 41 heavy (non-hydrogen) atoms. The third kappa shape index (κ3) is 7.16. The van der Waals surface area contributed by atoms with Crippen molar-refractivity contribution in [2.24, 2.45) is 4.99 Å². The standard InChI is InChI=1S/C29H30N6O5S/c36-27-23-17-19(5-4-13-30-29-31-14-15-32-29)10-11-24(23)33-26(34-27)18-25(28(37)38)35-41(39,40)16-12-21-8-3-7-20-6-1-2-9-22(20)21/h1-11,17,25,35H,12-16,18H2,(H,37,38)(H2,30,31,32)(H,33,34,36)/b5-4+/t25-/m0/s1. The number of aliphatic carboxylic acids is 1. The molecule has 0 fully saturated rings. The van der Waals surface area contributed by atoms with Crippen molar-refractivity contribution in [2.45, 2.75) is 18.9 Å². The number of aliphatic imine (C=N–C) groups is 1. The highest BCUT2D eigenvalue weighted by Gasteiger charge is 2.25. The summed E-state index contributed by atoms with van der Waals surface area (Å²) in [6.45, 7) is 2.13. The van der Waals surface area contributed by atoms with Gasteiger partial charge in [0.25, 0.3) is 5.56 Å². The molecule has 1 aliphatic rings. The second-order valence-corrected chi connectivity index (χ2v) is 11.5. The van der Waals surface area contributed by atoms with Gasteiger partial charge in [-0.25, -0.2) is 18.1 Å². The summed E-state index contributed by atoms with van der Waals surface area (Å²) in [5.41, 5.74) is 1.59. The Hall–Kier alpha value is -4.55. The van der Waals surface area contributed by atoms with Crippen LogP contribution in [0.3, 0.4) is 0 Å². The summed E-state index contributed by atoms with van der Waals surface area (Å²) in [7, 11) is -3.96. The third-order valence-corrected chi connectivity index (χ3v) is 8.07. The second kappa shape index (κ2) is 12.3. The number of nitrogens with one attached hydrogen (secondary N) is 4. The molecule has 0 bridgehead atoms. The minimum absolute atomic E-state index is 0.0731. The molecule has 0 radical (unpaired) electrons. The molecule has 3 aromatic carbocycles. The number of benzene rings is 3. The van der Waals surface area contributed by atoms with E-state index in [1.807, 2.05) is 54.6 Å². The Morgan fingerprint density at radius 3 is 2.73 bits per heavy atom. The average molecular weight is 575 g/mol. The first-order valence-corrected chi connectivity index (χ1v) is 14.8. The van der Waals surface area contributed by atoms with E-state index in [1.165, 1.54) is 0 Å². The third-order valence-electron chi connectivity index (χ3n) is 6.69. The molecule has 11 nitrogen and oxygen atoms in total. The molecule has 212 valence electrons. The smallest absolute Gasteiger partial charge is 0.322 e. The number of guanidine groups is 1. The van der Waals surface area contributed by atoms with Gasteiger partial charge < -0.3 is 20.7 Å². The lowest BCUT2D eigenvalue weighted by molar-refractivity contribution is -0.139. The van der Waals surface area contributed by atoms with Crippen LogP contribution >= 0.6 is 0 Å². The van der Waals surface area contributed by atoms with Crippen LogP contribution in [0.4, 0.5) is 0 Å². The molecular weight excluding hydrogens is 544 g/mol. The zero-order valence-corrected chi connectivity index (χ0v) is 22.9. The number of hydrogen-bond donors (Lipinski definition) is 5. The monoisotopic (exact) mass is 574 g/mol. The molecule has 12 heteroatoms. The number of aryl methyl sites for hydroxylation is 1. The van der Waals surface area contributed by atoms with Gasteiger partial charge in [0.05, 0.1) is 23.2 Å². The maximum absolute atomic E-state index is 12.9. The Morgan fingerprint density at radius 1 is 1.10 bits per heavy atom. The molecule has 1 atom stereocenters. The lowest BCUT2D eigenvalue weighted by Crippen LogP contribution is -2.44. The van der Waals surface area contributed by atoms with Crippen LogP contribution in [-0.4, -0.2) is 66.9 Å². The molecule has 0 aliphatic carbocycles. The van der Waals surface area contributed by atoms with Crippen molar-refractivity contribution in [1.29, 1.82) is 0 Å². The van der Waals surface area contributed by atoms with Crippen molar-refractivity contribution in [3.63, 3.8) is 0 Å². The maximum atomic E-state index is 12.9. The number of aromatic nitrogens is 2. The van der Waals surface area contributed by atoms with E-state index in [0.717, 1.165) is 40.9 Å². The number of sulfonamides is 1. The van der Waals surface area contributed by atoms with Crippen LogP contribution in [-0.2, 0) is 27.7 Å². The Bertz CT molecular complexity index is 1810. The van der Waals surface area contributed by atoms with Gasteiger partial charge in [-0.3, -0.25) is 14.6 Å². The lowest BCUT2D eigenvalue weighted by Gasteiger charge is -2.15. The van der Waals surface area contributed by atoms with Crippen LogP contribution in [0.2, 0.25) is 0 Å². The van der Waals surface area contributed by atoms with E-state index >= 15 is 0 Å². The van der Waals surface area contributed by atoms with Crippen LogP contribution in [0.1, 0.15) is 17.0 Å². The van der Waals surface area contributed by atoms with E-state index < -0.39 is 27.6 Å². The van der Waals surface area contributed by atoms with Gasteiger partial charge in [-0.2, -0.15) is 0 Å². The zero-order chi connectivity index (χ0) is 28.8. The Balaban J connectivity index is 1.25. The molecule has 0 amide bonds. The summed E-state index contributed by atoms with van der Waals surface area (Å²) in [4.78, 5) is 36.0. The first kappa shape index (κ1) is 28.0. The molecule has 2 heterocycles. The van der Waals surface area contributed by atoms with Gasteiger partial charge in [0, 0.05) is 19.5 Å². The normalized spacial score (nSPS) is 14.3. The van der Waals surface area contributed by atoms with E-state index in [0.29, 0.717) is 17.4 Å². The van der Waals surface area contributed by atoms with Crippen molar-refractivity contribution in [3.05, 3.63) is 94.0 Å². The number of fused-ring (bicyclic) bond motifs is 2. The van der Waals surface area contributed by atoms with Gasteiger partial charge in [-0.05, 0) is 40.5 Å². The fourth-order valence-electron chi connectivity index (χ4n) is 4.68. The number of nitrogens with zero attached hydrogens (tertiary/aromatic N) is 2. The summed E-state index contributed by atoms with van der Waals surface area (Å²) >= 11 is 0. The Labute approximate surface area is 236 Å². The SMILES string of the molecule is O=C(O)[C@H](Cc1nc2ccc(/C=C/CNC3=NCCN3)cc2c(=O)[nH]1)NS(=O)(=O)CCc1cccc2ccccc12. The van der Waals surface area contributed by atoms with Gasteiger partial charge >= 0.3 is 5.97 Å². The molecule has 0 unspecified atom stereocenters. The number of aromatic amines is 1. The second-order valence-electron chi connectivity index (χ2n) is 9.65. The molecule has 5 rings (SSSR count). The number of carbonyl (C=O) groups is 1. The van der Waals surface area contributed by atoms with Crippen molar-refractivity contribution in [1.82, 2.24) is 25.3 Å². The molecule has 0 spiro atoms. The average Bonchev–Trinajstić information content (AvgIpc) is 3.48. The van der Waals surface area contributed by atoms with Crippen LogP contribution < -0.4 is 20.9 Å². The van der Waals surface area contributed by atoms with Crippen LogP contribution in [0.25, 0.3) is 27.8 Å². The highest BCUT2D eigenvalue weighted by Crippen LogP contribution is 2.19. The Morgan fingerprint density at radius 2 is 1.93 bits per heavy atom. The predicted molar refractivity (Wildman–Crippen MR) is 159 cm³/mol.